The Labute approximate surface area is 109 Å². The molecule has 1 aromatic rings. The van der Waals surface area contributed by atoms with Crippen LogP contribution in [-0.2, 0) is 9.47 Å². The fourth-order valence-corrected chi connectivity index (χ4v) is 2.29. The van der Waals surface area contributed by atoms with E-state index in [1.54, 1.807) is 0 Å². The van der Waals surface area contributed by atoms with E-state index in [-0.39, 0.29) is 18.2 Å². The average molecular weight is 249 g/mol. The molecule has 1 aliphatic heterocycles. The van der Waals surface area contributed by atoms with E-state index in [1.165, 1.54) is 5.56 Å². The zero-order valence-corrected chi connectivity index (χ0v) is 11.3. The number of aryl methyl sites for hydroxylation is 1. The van der Waals surface area contributed by atoms with Crippen LogP contribution in [0.25, 0.3) is 0 Å². The number of rotatable bonds is 5. The highest BCUT2D eigenvalue weighted by Crippen LogP contribution is 2.23. The molecule has 18 heavy (non-hydrogen) atoms. The SMILES string of the molecule is Cc1ccc(C(OCC2CCCO2)C(C)N)cc1. The molecule has 3 heteroatoms. The number of ether oxygens (including phenoxy) is 2. The molecule has 2 rings (SSSR count). The van der Waals surface area contributed by atoms with Gasteiger partial charge in [0.2, 0.25) is 0 Å². The smallest absolute Gasteiger partial charge is 0.0974 e. The second kappa shape index (κ2) is 6.32. The molecule has 0 spiro atoms. The van der Waals surface area contributed by atoms with Crippen molar-refractivity contribution in [2.75, 3.05) is 13.2 Å². The van der Waals surface area contributed by atoms with Crippen LogP contribution in [0.2, 0.25) is 0 Å². The van der Waals surface area contributed by atoms with Crippen molar-refractivity contribution in [3.05, 3.63) is 35.4 Å². The first kappa shape index (κ1) is 13.5. The molecule has 3 unspecified atom stereocenters. The first-order chi connectivity index (χ1) is 8.66. The van der Waals surface area contributed by atoms with Crippen LogP contribution in [0.4, 0.5) is 0 Å². The van der Waals surface area contributed by atoms with Gasteiger partial charge in [-0.1, -0.05) is 29.8 Å². The molecule has 1 aromatic carbocycles. The van der Waals surface area contributed by atoms with Gasteiger partial charge in [-0.3, -0.25) is 0 Å². The van der Waals surface area contributed by atoms with Crippen molar-refractivity contribution < 1.29 is 9.47 Å². The quantitative estimate of drug-likeness (QED) is 0.872. The Hall–Kier alpha value is -0.900. The number of benzene rings is 1. The van der Waals surface area contributed by atoms with Gasteiger partial charge in [-0.05, 0) is 32.3 Å². The van der Waals surface area contributed by atoms with Crippen LogP contribution in [0.15, 0.2) is 24.3 Å². The monoisotopic (exact) mass is 249 g/mol. The van der Waals surface area contributed by atoms with Crippen molar-refractivity contribution in [1.29, 1.82) is 0 Å². The van der Waals surface area contributed by atoms with Gasteiger partial charge in [-0.25, -0.2) is 0 Å². The molecular formula is C15H23NO2. The molecule has 0 aliphatic carbocycles. The first-order valence-electron chi connectivity index (χ1n) is 6.72. The highest BCUT2D eigenvalue weighted by atomic mass is 16.5. The van der Waals surface area contributed by atoms with E-state index >= 15 is 0 Å². The molecule has 3 nitrogen and oxygen atoms in total. The standard InChI is InChI=1S/C15H23NO2/c1-11-5-7-13(8-6-11)15(12(2)16)18-10-14-4-3-9-17-14/h5-8,12,14-15H,3-4,9-10,16H2,1-2H3. The van der Waals surface area contributed by atoms with Crippen LogP contribution in [-0.4, -0.2) is 25.4 Å². The minimum atomic E-state index is -0.0465. The van der Waals surface area contributed by atoms with E-state index in [1.807, 2.05) is 6.92 Å². The van der Waals surface area contributed by atoms with E-state index in [0.29, 0.717) is 6.61 Å². The normalized spacial score (nSPS) is 22.9. The summed E-state index contributed by atoms with van der Waals surface area (Å²) in [6, 6.07) is 8.37. The fourth-order valence-electron chi connectivity index (χ4n) is 2.29. The van der Waals surface area contributed by atoms with Gasteiger partial charge in [0.1, 0.15) is 0 Å². The lowest BCUT2D eigenvalue weighted by Gasteiger charge is -2.23. The van der Waals surface area contributed by atoms with Gasteiger partial charge < -0.3 is 15.2 Å². The molecule has 2 N–H and O–H groups in total. The Morgan fingerprint density at radius 2 is 2.11 bits per heavy atom. The van der Waals surface area contributed by atoms with Gasteiger partial charge in [0.05, 0.1) is 18.8 Å². The first-order valence-corrected chi connectivity index (χ1v) is 6.72. The van der Waals surface area contributed by atoms with Crippen molar-refractivity contribution in [2.45, 2.75) is 44.9 Å². The highest BCUT2D eigenvalue weighted by Gasteiger charge is 2.21. The highest BCUT2D eigenvalue weighted by molar-refractivity contribution is 5.24. The van der Waals surface area contributed by atoms with Gasteiger partial charge in [0.25, 0.3) is 0 Å². The third-order valence-corrected chi connectivity index (χ3v) is 3.37. The van der Waals surface area contributed by atoms with Gasteiger partial charge >= 0.3 is 0 Å². The molecule has 0 saturated carbocycles. The predicted molar refractivity (Wildman–Crippen MR) is 72.5 cm³/mol. The molecule has 1 aliphatic rings. The maximum Gasteiger partial charge on any atom is 0.0974 e. The van der Waals surface area contributed by atoms with Crippen LogP contribution >= 0.6 is 0 Å². The maximum absolute atomic E-state index is 6.03. The molecule has 1 fully saturated rings. The van der Waals surface area contributed by atoms with Crippen molar-refractivity contribution in [1.82, 2.24) is 0 Å². The van der Waals surface area contributed by atoms with Gasteiger partial charge in [0.15, 0.2) is 0 Å². The van der Waals surface area contributed by atoms with E-state index in [2.05, 4.69) is 31.2 Å². The minimum Gasteiger partial charge on any atom is -0.376 e. The van der Waals surface area contributed by atoms with Crippen LogP contribution in [0, 0.1) is 6.92 Å². The van der Waals surface area contributed by atoms with E-state index in [0.717, 1.165) is 25.0 Å². The number of hydrogen-bond donors (Lipinski definition) is 1. The molecule has 1 heterocycles. The van der Waals surface area contributed by atoms with Crippen molar-refractivity contribution in [2.24, 2.45) is 5.73 Å². The molecule has 0 amide bonds. The van der Waals surface area contributed by atoms with Gasteiger partial charge in [-0.2, -0.15) is 0 Å². The van der Waals surface area contributed by atoms with E-state index in [9.17, 15) is 0 Å². The average Bonchev–Trinajstić information content (AvgIpc) is 2.84. The molecular weight excluding hydrogens is 226 g/mol. The van der Waals surface area contributed by atoms with Crippen molar-refractivity contribution in [3.8, 4) is 0 Å². The minimum absolute atomic E-state index is 0.0193. The third kappa shape index (κ3) is 3.55. The van der Waals surface area contributed by atoms with E-state index in [4.69, 9.17) is 15.2 Å². The third-order valence-electron chi connectivity index (χ3n) is 3.37. The zero-order valence-electron chi connectivity index (χ0n) is 11.3. The summed E-state index contributed by atoms with van der Waals surface area (Å²) in [6.45, 7) is 5.57. The largest absolute Gasteiger partial charge is 0.376 e. The Bertz CT molecular complexity index is 355. The lowest BCUT2D eigenvalue weighted by Crippen LogP contribution is -2.29. The lowest BCUT2D eigenvalue weighted by atomic mass is 10.0. The molecule has 0 aromatic heterocycles. The van der Waals surface area contributed by atoms with Crippen LogP contribution in [0.3, 0.4) is 0 Å². The van der Waals surface area contributed by atoms with Crippen LogP contribution in [0.5, 0.6) is 0 Å². The topological polar surface area (TPSA) is 44.5 Å². The second-order valence-electron chi connectivity index (χ2n) is 5.16. The van der Waals surface area contributed by atoms with Gasteiger partial charge in [-0.15, -0.1) is 0 Å². The Balaban J connectivity index is 1.96. The molecule has 100 valence electrons. The number of hydrogen-bond acceptors (Lipinski definition) is 3. The summed E-state index contributed by atoms with van der Waals surface area (Å²) in [4.78, 5) is 0. The number of nitrogens with two attached hydrogens (primary N) is 1. The molecule has 0 bridgehead atoms. The van der Waals surface area contributed by atoms with Crippen molar-refractivity contribution in [3.63, 3.8) is 0 Å². The van der Waals surface area contributed by atoms with Crippen molar-refractivity contribution >= 4 is 0 Å². The fraction of sp³-hybridized carbons (Fsp3) is 0.600. The summed E-state index contributed by atoms with van der Waals surface area (Å²) >= 11 is 0. The summed E-state index contributed by atoms with van der Waals surface area (Å²) in [6.07, 6.45) is 2.44. The Morgan fingerprint density at radius 3 is 2.67 bits per heavy atom. The van der Waals surface area contributed by atoms with Gasteiger partial charge in [0, 0.05) is 12.6 Å². The molecule has 0 radical (unpaired) electrons. The molecule has 1 saturated heterocycles. The summed E-state index contributed by atoms with van der Waals surface area (Å²) in [5.41, 5.74) is 8.42. The summed E-state index contributed by atoms with van der Waals surface area (Å²) in [7, 11) is 0. The Morgan fingerprint density at radius 1 is 1.39 bits per heavy atom. The predicted octanol–water partition coefficient (Wildman–Crippen LogP) is 2.58. The van der Waals surface area contributed by atoms with Crippen LogP contribution < -0.4 is 5.73 Å². The summed E-state index contributed by atoms with van der Waals surface area (Å²) < 4.78 is 11.5. The second-order valence-corrected chi connectivity index (χ2v) is 5.16. The van der Waals surface area contributed by atoms with E-state index < -0.39 is 0 Å². The Kier molecular flexibility index (Phi) is 4.75. The van der Waals surface area contributed by atoms with Crippen LogP contribution in [0.1, 0.15) is 37.0 Å². The maximum atomic E-state index is 6.03. The summed E-state index contributed by atoms with van der Waals surface area (Å²) in [5, 5.41) is 0. The zero-order chi connectivity index (χ0) is 13.0. The lowest BCUT2D eigenvalue weighted by molar-refractivity contribution is -0.0286. The molecule has 3 atom stereocenters. The summed E-state index contributed by atoms with van der Waals surface area (Å²) in [5.74, 6) is 0.